The molecular weight excluding hydrogens is 206 g/mol. The average molecular weight is 227 g/mol. The van der Waals surface area contributed by atoms with Crippen molar-refractivity contribution in [1.82, 2.24) is 4.90 Å². The van der Waals surface area contributed by atoms with Gasteiger partial charge in [0.1, 0.15) is 5.60 Å². The van der Waals surface area contributed by atoms with Crippen molar-refractivity contribution in [3.05, 3.63) is 0 Å². The van der Waals surface area contributed by atoms with Crippen molar-refractivity contribution >= 4 is 6.09 Å². The highest BCUT2D eigenvalue weighted by Crippen LogP contribution is 2.56. The Kier molecular flexibility index (Phi) is 2.65. The van der Waals surface area contributed by atoms with Crippen LogP contribution in [-0.2, 0) is 4.74 Å². The number of carbonyl (C=O) groups is 1. The molecule has 4 heteroatoms. The van der Waals surface area contributed by atoms with E-state index in [0.717, 1.165) is 19.4 Å². The van der Waals surface area contributed by atoms with Crippen molar-refractivity contribution in [1.29, 1.82) is 0 Å². The molecule has 1 saturated heterocycles. The molecule has 2 rings (SSSR count). The Hall–Kier alpha value is -0.770. The number of amides is 1. The summed E-state index contributed by atoms with van der Waals surface area (Å²) in [5.74, 6) is 0.250. The van der Waals surface area contributed by atoms with E-state index < -0.39 is 5.60 Å². The number of ether oxygens (including phenoxy) is 1. The number of aliphatic hydroxyl groups excluding tert-OH is 1. The van der Waals surface area contributed by atoms with Gasteiger partial charge in [0, 0.05) is 25.6 Å². The van der Waals surface area contributed by atoms with E-state index in [-0.39, 0.29) is 24.0 Å². The summed E-state index contributed by atoms with van der Waals surface area (Å²) in [6, 6.07) is 0. The normalized spacial score (nSPS) is 27.2. The molecule has 1 aliphatic heterocycles. The molecule has 16 heavy (non-hydrogen) atoms. The molecule has 0 aromatic rings. The molecule has 0 radical (unpaired) electrons. The zero-order valence-corrected chi connectivity index (χ0v) is 10.3. The molecule has 0 aromatic heterocycles. The van der Waals surface area contributed by atoms with Gasteiger partial charge in [0.25, 0.3) is 0 Å². The average Bonchev–Trinajstić information content (AvgIpc) is 2.77. The van der Waals surface area contributed by atoms with Crippen molar-refractivity contribution in [2.45, 2.75) is 39.2 Å². The van der Waals surface area contributed by atoms with Crippen molar-refractivity contribution in [3.8, 4) is 0 Å². The van der Waals surface area contributed by atoms with Gasteiger partial charge < -0.3 is 14.7 Å². The quantitative estimate of drug-likeness (QED) is 0.740. The number of nitrogens with zero attached hydrogens (tertiary/aromatic N) is 1. The van der Waals surface area contributed by atoms with Gasteiger partial charge in [-0.3, -0.25) is 0 Å². The highest BCUT2D eigenvalue weighted by atomic mass is 16.6. The number of hydrogen-bond donors (Lipinski definition) is 1. The number of likely N-dealkylation sites (tertiary alicyclic amines) is 1. The van der Waals surface area contributed by atoms with Crippen LogP contribution in [-0.4, -0.2) is 41.4 Å². The molecule has 0 bridgehead atoms. The van der Waals surface area contributed by atoms with Gasteiger partial charge in [-0.05, 0) is 39.0 Å². The standard InChI is InChI=1S/C12H21NO3/c1-11(2,3)16-10(15)13-6-9(7-14)12(8-13)4-5-12/h9,14H,4-8H2,1-3H3. The summed E-state index contributed by atoms with van der Waals surface area (Å²) in [7, 11) is 0. The summed E-state index contributed by atoms with van der Waals surface area (Å²) in [4.78, 5) is 13.6. The molecule has 1 atom stereocenters. The maximum Gasteiger partial charge on any atom is 0.410 e. The van der Waals surface area contributed by atoms with Crippen molar-refractivity contribution in [3.63, 3.8) is 0 Å². The predicted molar refractivity (Wildman–Crippen MR) is 60.0 cm³/mol. The van der Waals surface area contributed by atoms with Crippen molar-refractivity contribution in [2.75, 3.05) is 19.7 Å². The van der Waals surface area contributed by atoms with Crippen molar-refractivity contribution < 1.29 is 14.6 Å². The third-order valence-electron chi connectivity index (χ3n) is 3.58. The maximum absolute atomic E-state index is 11.9. The summed E-state index contributed by atoms with van der Waals surface area (Å²) in [6.45, 7) is 7.20. The van der Waals surface area contributed by atoms with Crippen LogP contribution in [0.4, 0.5) is 4.79 Å². The first-order valence-electron chi connectivity index (χ1n) is 5.95. The molecule has 0 aromatic carbocycles. The number of carbonyl (C=O) groups excluding carboxylic acids is 1. The number of aliphatic hydroxyl groups is 1. The minimum absolute atomic E-state index is 0.180. The van der Waals surface area contributed by atoms with Crippen LogP contribution >= 0.6 is 0 Å². The van der Waals surface area contributed by atoms with E-state index in [1.807, 2.05) is 20.8 Å². The smallest absolute Gasteiger partial charge is 0.410 e. The summed E-state index contributed by atoms with van der Waals surface area (Å²) >= 11 is 0. The molecule has 1 N–H and O–H groups in total. The second kappa shape index (κ2) is 3.62. The largest absolute Gasteiger partial charge is 0.444 e. The van der Waals surface area contributed by atoms with Gasteiger partial charge in [-0.25, -0.2) is 4.79 Å². The maximum atomic E-state index is 11.9. The molecule has 1 saturated carbocycles. The van der Waals surface area contributed by atoms with Crippen LogP contribution in [0.3, 0.4) is 0 Å². The highest BCUT2D eigenvalue weighted by molar-refractivity contribution is 5.68. The molecular formula is C12H21NO3. The molecule has 1 aliphatic carbocycles. The number of hydrogen-bond acceptors (Lipinski definition) is 3. The van der Waals surface area contributed by atoms with Gasteiger partial charge in [-0.15, -0.1) is 0 Å². The molecule has 4 nitrogen and oxygen atoms in total. The van der Waals surface area contributed by atoms with Crippen LogP contribution in [0, 0.1) is 11.3 Å². The van der Waals surface area contributed by atoms with E-state index in [2.05, 4.69) is 0 Å². The lowest BCUT2D eigenvalue weighted by molar-refractivity contribution is 0.0280. The van der Waals surface area contributed by atoms with Gasteiger partial charge in [-0.1, -0.05) is 0 Å². The fourth-order valence-corrected chi connectivity index (χ4v) is 2.48. The van der Waals surface area contributed by atoms with Gasteiger partial charge in [0.15, 0.2) is 0 Å². The van der Waals surface area contributed by atoms with E-state index >= 15 is 0 Å². The van der Waals surface area contributed by atoms with Crippen LogP contribution in [0.25, 0.3) is 0 Å². The Morgan fingerprint density at radius 3 is 2.50 bits per heavy atom. The molecule has 1 unspecified atom stereocenters. The summed E-state index contributed by atoms with van der Waals surface area (Å²) < 4.78 is 5.34. The minimum Gasteiger partial charge on any atom is -0.444 e. The van der Waals surface area contributed by atoms with E-state index in [1.165, 1.54) is 0 Å². The second-order valence-electron chi connectivity index (χ2n) is 6.10. The van der Waals surface area contributed by atoms with E-state index in [4.69, 9.17) is 4.74 Å². The first kappa shape index (κ1) is 11.7. The van der Waals surface area contributed by atoms with Crippen LogP contribution < -0.4 is 0 Å². The van der Waals surface area contributed by atoms with E-state index in [1.54, 1.807) is 4.90 Å². The molecule has 2 aliphatic rings. The monoisotopic (exact) mass is 227 g/mol. The minimum atomic E-state index is -0.439. The lowest BCUT2D eigenvalue weighted by Gasteiger charge is -2.24. The molecule has 1 amide bonds. The summed E-state index contributed by atoms with van der Waals surface area (Å²) in [6.07, 6.45) is 2.03. The van der Waals surface area contributed by atoms with Crippen LogP contribution in [0.15, 0.2) is 0 Å². The van der Waals surface area contributed by atoms with E-state index in [9.17, 15) is 9.90 Å². The zero-order chi connectivity index (χ0) is 12.0. The van der Waals surface area contributed by atoms with Gasteiger partial charge >= 0.3 is 6.09 Å². The van der Waals surface area contributed by atoms with Gasteiger partial charge in [-0.2, -0.15) is 0 Å². The van der Waals surface area contributed by atoms with Crippen LogP contribution in [0.5, 0.6) is 0 Å². The zero-order valence-electron chi connectivity index (χ0n) is 10.3. The predicted octanol–water partition coefficient (Wildman–Crippen LogP) is 1.63. The Morgan fingerprint density at radius 1 is 1.50 bits per heavy atom. The third-order valence-corrected chi connectivity index (χ3v) is 3.58. The first-order chi connectivity index (χ1) is 7.36. The Morgan fingerprint density at radius 2 is 2.12 bits per heavy atom. The van der Waals surface area contributed by atoms with Gasteiger partial charge in [0.2, 0.25) is 0 Å². The highest BCUT2D eigenvalue weighted by Gasteiger charge is 2.56. The Labute approximate surface area is 96.6 Å². The van der Waals surface area contributed by atoms with Crippen LogP contribution in [0.2, 0.25) is 0 Å². The Balaban J connectivity index is 1.95. The second-order valence-corrected chi connectivity index (χ2v) is 6.10. The molecule has 1 heterocycles. The topological polar surface area (TPSA) is 49.8 Å². The lowest BCUT2D eigenvalue weighted by atomic mass is 9.94. The summed E-state index contributed by atoms with van der Waals surface area (Å²) in [5, 5.41) is 9.29. The fraction of sp³-hybridized carbons (Fsp3) is 0.917. The third kappa shape index (κ3) is 2.17. The Bertz CT molecular complexity index is 291. The van der Waals surface area contributed by atoms with E-state index in [0.29, 0.717) is 6.54 Å². The van der Waals surface area contributed by atoms with Crippen molar-refractivity contribution in [2.24, 2.45) is 11.3 Å². The first-order valence-corrected chi connectivity index (χ1v) is 5.95. The van der Waals surface area contributed by atoms with Gasteiger partial charge in [0.05, 0.1) is 0 Å². The molecule has 1 spiro atoms. The SMILES string of the molecule is CC(C)(C)OC(=O)N1CC(CO)C2(CC2)C1. The fourth-order valence-electron chi connectivity index (χ4n) is 2.48. The number of rotatable bonds is 1. The molecule has 92 valence electrons. The summed E-state index contributed by atoms with van der Waals surface area (Å²) in [5.41, 5.74) is -0.225. The van der Waals surface area contributed by atoms with Crippen LogP contribution in [0.1, 0.15) is 33.6 Å². The molecule has 2 fully saturated rings. The lowest BCUT2D eigenvalue weighted by Crippen LogP contribution is -2.35.